The molecule has 0 radical (unpaired) electrons. The summed E-state index contributed by atoms with van der Waals surface area (Å²) in [6, 6.07) is 4.36. The Hall–Kier alpha value is -0.910. The fraction of sp³-hybridized carbons (Fsp3) is 0.722. The van der Waals surface area contributed by atoms with Gasteiger partial charge >= 0.3 is 0 Å². The molecular formula is C18H28N2O2S. The SMILES string of the molecule is COC1(C(=O)NCC2(c3cccs3)CCCCC2)CCNCC1. The average molecular weight is 337 g/mol. The molecule has 1 saturated carbocycles. The zero-order valence-electron chi connectivity index (χ0n) is 14.0. The van der Waals surface area contributed by atoms with Crippen molar-refractivity contribution in [3.8, 4) is 0 Å². The molecule has 23 heavy (non-hydrogen) atoms. The van der Waals surface area contributed by atoms with Gasteiger partial charge in [-0.2, -0.15) is 0 Å². The summed E-state index contributed by atoms with van der Waals surface area (Å²) in [5, 5.41) is 8.71. The smallest absolute Gasteiger partial charge is 0.252 e. The van der Waals surface area contributed by atoms with Crippen LogP contribution in [0.3, 0.4) is 0 Å². The molecule has 4 nitrogen and oxygen atoms in total. The van der Waals surface area contributed by atoms with Crippen LogP contribution in [0.15, 0.2) is 17.5 Å². The minimum Gasteiger partial charge on any atom is -0.368 e. The molecule has 2 heterocycles. The van der Waals surface area contributed by atoms with Gasteiger partial charge in [0, 0.05) is 23.9 Å². The topological polar surface area (TPSA) is 50.4 Å². The summed E-state index contributed by atoms with van der Waals surface area (Å²) in [7, 11) is 1.67. The van der Waals surface area contributed by atoms with Crippen LogP contribution in [0.4, 0.5) is 0 Å². The van der Waals surface area contributed by atoms with Gasteiger partial charge in [0.1, 0.15) is 5.60 Å². The minimum atomic E-state index is -0.642. The molecule has 0 aromatic carbocycles. The molecular weight excluding hydrogens is 308 g/mol. The number of amides is 1. The van der Waals surface area contributed by atoms with Crippen LogP contribution < -0.4 is 10.6 Å². The Morgan fingerprint density at radius 2 is 2.00 bits per heavy atom. The van der Waals surface area contributed by atoms with Gasteiger partial charge in [-0.25, -0.2) is 0 Å². The first-order valence-corrected chi connectivity index (χ1v) is 9.67. The van der Waals surface area contributed by atoms with E-state index in [0.717, 1.165) is 32.5 Å². The van der Waals surface area contributed by atoms with Gasteiger partial charge < -0.3 is 15.4 Å². The van der Waals surface area contributed by atoms with Gasteiger partial charge in [0.15, 0.2) is 0 Å². The van der Waals surface area contributed by atoms with Crippen molar-refractivity contribution < 1.29 is 9.53 Å². The molecule has 1 aliphatic carbocycles. The number of nitrogens with one attached hydrogen (secondary N) is 2. The second kappa shape index (κ2) is 7.32. The average Bonchev–Trinajstić information content (AvgIpc) is 3.16. The summed E-state index contributed by atoms with van der Waals surface area (Å²) in [4.78, 5) is 14.3. The molecule has 128 valence electrons. The quantitative estimate of drug-likeness (QED) is 0.869. The first-order chi connectivity index (χ1) is 11.2. The third-order valence-corrected chi connectivity index (χ3v) is 6.77. The van der Waals surface area contributed by atoms with Crippen LogP contribution in [0.2, 0.25) is 0 Å². The first-order valence-electron chi connectivity index (χ1n) is 8.79. The molecule has 1 aromatic rings. The zero-order chi connectivity index (χ0) is 16.2. The van der Waals surface area contributed by atoms with Gasteiger partial charge in [0.2, 0.25) is 0 Å². The van der Waals surface area contributed by atoms with Crippen LogP contribution in [0.5, 0.6) is 0 Å². The maximum Gasteiger partial charge on any atom is 0.252 e. The van der Waals surface area contributed by atoms with Gasteiger partial charge in [-0.15, -0.1) is 11.3 Å². The standard InChI is InChI=1S/C18H28N2O2S/c1-22-18(9-11-19-12-10-18)16(21)20-14-17(7-3-2-4-8-17)15-6-5-13-23-15/h5-6,13,19H,2-4,7-12,14H2,1H3,(H,20,21). The highest BCUT2D eigenvalue weighted by molar-refractivity contribution is 7.10. The van der Waals surface area contributed by atoms with E-state index >= 15 is 0 Å². The van der Waals surface area contributed by atoms with E-state index in [1.807, 2.05) is 11.3 Å². The van der Waals surface area contributed by atoms with Crippen LogP contribution in [0, 0.1) is 0 Å². The third-order valence-electron chi connectivity index (χ3n) is 5.66. The van der Waals surface area contributed by atoms with E-state index in [2.05, 4.69) is 28.1 Å². The summed E-state index contributed by atoms with van der Waals surface area (Å²) in [6.45, 7) is 2.43. The van der Waals surface area contributed by atoms with Crippen molar-refractivity contribution in [1.29, 1.82) is 0 Å². The third kappa shape index (κ3) is 3.47. The Labute approximate surface area is 143 Å². The summed E-state index contributed by atoms with van der Waals surface area (Å²) in [6.07, 6.45) is 7.68. The van der Waals surface area contributed by atoms with Gasteiger partial charge in [-0.3, -0.25) is 4.79 Å². The molecule has 0 bridgehead atoms. The molecule has 2 fully saturated rings. The largest absolute Gasteiger partial charge is 0.368 e. The Bertz CT molecular complexity index is 503. The highest BCUT2D eigenvalue weighted by atomic mass is 32.1. The van der Waals surface area contributed by atoms with Crippen molar-refractivity contribution >= 4 is 17.2 Å². The lowest BCUT2D eigenvalue weighted by atomic mass is 9.72. The highest BCUT2D eigenvalue weighted by Crippen LogP contribution is 2.41. The van der Waals surface area contributed by atoms with E-state index in [9.17, 15) is 4.79 Å². The second-order valence-electron chi connectivity index (χ2n) is 6.95. The fourth-order valence-electron chi connectivity index (χ4n) is 4.08. The van der Waals surface area contributed by atoms with Gasteiger partial charge in [-0.1, -0.05) is 25.3 Å². The predicted octanol–water partition coefficient (Wildman–Crippen LogP) is 2.83. The summed E-state index contributed by atoms with van der Waals surface area (Å²) in [5.41, 5.74) is -0.513. The molecule has 1 amide bonds. The molecule has 1 saturated heterocycles. The van der Waals surface area contributed by atoms with Crippen LogP contribution in [-0.2, 0) is 14.9 Å². The summed E-state index contributed by atoms with van der Waals surface area (Å²) >= 11 is 1.83. The lowest BCUT2D eigenvalue weighted by molar-refractivity contribution is -0.147. The van der Waals surface area contributed by atoms with Crippen molar-refractivity contribution in [3.05, 3.63) is 22.4 Å². The van der Waals surface area contributed by atoms with Crippen molar-refractivity contribution in [2.75, 3.05) is 26.7 Å². The number of thiophene rings is 1. The molecule has 5 heteroatoms. The van der Waals surface area contributed by atoms with Crippen molar-refractivity contribution in [3.63, 3.8) is 0 Å². The molecule has 2 aliphatic rings. The monoisotopic (exact) mass is 336 g/mol. The number of carbonyl (C=O) groups excluding carboxylic acids is 1. The summed E-state index contributed by atoms with van der Waals surface area (Å²) < 4.78 is 5.65. The van der Waals surface area contributed by atoms with E-state index in [0.29, 0.717) is 0 Å². The van der Waals surface area contributed by atoms with Crippen LogP contribution >= 0.6 is 11.3 Å². The van der Waals surface area contributed by atoms with Crippen molar-refractivity contribution in [2.24, 2.45) is 0 Å². The molecule has 0 unspecified atom stereocenters. The fourth-order valence-corrected chi connectivity index (χ4v) is 5.07. The number of rotatable bonds is 5. The van der Waals surface area contributed by atoms with Crippen molar-refractivity contribution in [1.82, 2.24) is 10.6 Å². The second-order valence-corrected chi connectivity index (χ2v) is 7.90. The lowest BCUT2D eigenvalue weighted by Gasteiger charge is -2.39. The van der Waals surface area contributed by atoms with E-state index in [1.165, 1.54) is 37.0 Å². The van der Waals surface area contributed by atoms with Gasteiger partial charge in [-0.05, 0) is 50.2 Å². The van der Waals surface area contributed by atoms with Crippen LogP contribution in [-0.4, -0.2) is 38.3 Å². The molecule has 3 rings (SSSR count). The normalized spacial score (nSPS) is 23.3. The van der Waals surface area contributed by atoms with E-state index < -0.39 is 5.60 Å². The van der Waals surface area contributed by atoms with Crippen molar-refractivity contribution in [2.45, 2.75) is 56.0 Å². The van der Waals surface area contributed by atoms with Crippen LogP contribution in [0.25, 0.3) is 0 Å². The highest BCUT2D eigenvalue weighted by Gasteiger charge is 2.42. The molecule has 2 N–H and O–H groups in total. The number of hydrogen-bond acceptors (Lipinski definition) is 4. The molecule has 1 aromatic heterocycles. The summed E-state index contributed by atoms with van der Waals surface area (Å²) in [5.74, 6) is 0.0722. The zero-order valence-corrected chi connectivity index (χ0v) is 14.8. The van der Waals surface area contributed by atoms with Gasteiger partial charge in [0.25, 0.3) is 5.91 Å². The van der Waals surface area contributed by atoms with Gasteiger partial charge in [0.05, 0.1) is 0 Å². The number of carbonyl (C=O) groups is 1. The Balaban J connectivity index is 1.70. The minimum absolute atomic E-state index is 0.0722. The molecule has 0 atom stereocenters. The Kier molecular flexibility index (Phi) is 5.39. The number of hydrogen-bond donors (Lipinski definition) is 2. The number of ether oxygens (including phenoxy) is 1. The maximum atomic E-state index is 12.8. The first kappa shape index (κ1) is 16.9. The van der Waals surface area contributed by atoms with E-state index in [4.69, 9.17) is 4.74 Å². The van der Waals surface area contributed by atoms with E-state index in [-0.39, 0.29) is 11.3 Å². The van der Waals surface area contributed by atoms with Crippen LogP contribution in [0.1, 0.15) is 49.8 Å². The Morgan fingerprint density at radius 1 is 1.26 bits per heavy atom. The molecule has 0 spiro atoms. The number of piperidine rings is 1. The van der Waals surface area contributed by atoms with E-state index in [1.54, 1.807) is 7.11 Å². The predicted molar refractivity (Wildman–Crippen MR) is 93.9 cm³/mol. The molecule has 1 aliphatic heterocycles. The lowest BCUT2D eigenvalue weighted by Crippen LogP contribution is -2.56. The Morgan fingerprint density at radius 3 is 2.61 bits per heavy atom. The maximum absolute atomic E-state index is 12.8. The number of methoxy groups -OCH3 is 1.